The van der Waals surface area contributed by atoms with Gasteiger partial charge >= 0.3 is 7.12 Å². The van der Waals surface area contributed by atoms with Crippen LogP contribution in [0.1, 0.15) is 71.1 Å². The zero-order chi connectivity index (χ0) is 32.2. The largest absolute Gasteiger partial charge is 0.493 e. The Bertz CT molecular complexity index is 1300. The molecule has 1 saturated heterocycles. The van der Waals surface area contributed by atoms with Gasteiger partial charge in [0.2, 0.25) is 17.6 Å². The quantitative estimate of drug-likeness (QED) is 0.337. The minimum Gasteiger partial charge on any atom is -0.493 e. The molecule has 44 heavy (non-hydrogen) atoms. The molecular weight excluding hydrogens is 559 g/mol. The zero-order valence-electron chi connectivity index (χ0n) is 27.7. The third kappa shape index (κ3) is 7.34. The molecule has 0 bridgehead atoms. The summed E-state index contributed by atoms with van der Waals surface area (Å²) >= 11 is 0. The first-order valence-corrected chi connectivity index (χ1v) is 15.6. The second kappa shape index (κ2) is 13.8. The molecule has 3 atom stereocenters. The van der Waals surface area contributed by atoms with Gasteiger partial charge in [0.15, 0.2) is 11.5 Å². The summed E-state index contributed by atoms with van der Waals surface area (Å²) < 4.78 is 29.5. The maximum Gasteiger partial charge on any atom is 0.481 e. The van der Waals surface area contributed by atoms with E-state index >= 15 is 0 Å². The molecule has 0 saturated carbocycles. The molecule has 2 aliphatic rings. The molecule has 10 heteroatoms. The minimum atomic E-state index is -0.775. The standard InChI is InChI=1S/C34H49BN2O7/c1-21(2)17-28(35-43-33(3,4)34(5,6)44-35)37-32(39)26(18-22-13-11-10-12-14-22)36-31(38)23-15-16-25-24(19-23)20-27(40-7)30(42-9)29(25)41-8/h10-14,20-21,23,26,28H,15-19H2,1-9H3,(H,36,38)(H,37,39). The number of hydrogen-bond donors (Lipinski definition) is 2. The van der Waals surface area contributed by atoms with Gasteiger partial charge in [-0.1, -0.05) is 44.2 Å². The lowest BCUT2D eigenvalue weighted by Crippen LogP contribution is -2.56. The number of rotatable bonds is 12. The van der Waals surface area contributed by atoms with E-state index in [1.54, 1.807) is 21.3 Å². The molecule has 2 amide bonds. The molecule has 3 unspecified atom stereocenters. The number of ether oxygens (including phenoxy) is 3. The Kier molecular flexibility index (Phi) is 10.6. The summed E-state index contributed by atoms with van der Waals surface area (Å²) in [6, 6.07) is 10.9. The normalized spacial score (nSPS) is 20.0. The Morgan fingerprint density at radius 2 is 1.59 bits per heavy atom. The van der Waals surface area contributed by atoms with Gasteiger partial charge < -0.3 is 34.2 Å². The topological polar surface area (TPSA) is 104 Å². The molecule has 9 nitrogen and oxygen atoms in total. The molecule has 2 N–H and O–H groups in total. The van der Waals surface area contributed by atoms with Gasteiger partial charge in [0.05, 0.1) is 38.5 Å². The van der Waals surface area contributed by atoms with Crippen molar-refractivity contribution in [2.45, 2.75) is 96.8 Å². The lowest BCUT2D eigenvalue weighted by molar-refractivity contribution is -0.131. The summed E-state index contributed by atoms with van der Waals surface area (Å²) in [5.74, 6) is 0.931. The first kappa shape index (κ1) is 33.7. The highest BCUT2D eigenvalue weighted by Crippen LogP contribution is 2.45. The van der Waals surface area contributed by atoms with Crippen LogP contribution in [0.25, 0.3) is 0 Å². The van der Waals surface area contributed by atoms with E-state index in [9.17, 15) is 9.59 Å². The number of hydrogen-bond acceptors (Lipinski definition) is 7. The molecule has 0 aromatic heterocycles. The zero-order valence-corrected chi connectivity index (χ0v) is 27.7. The van der Waals surface area contributed by atoms with Crippen molar-refractivity contribution in [2.75, 3.05) is 21.3 Å². The maximum absolute atomic E-state index is 14.0. The maximum atomic E-state index is 14.0. The molecule has 2 aromatic rings. The second-order valence-electron chi connectivity index (χ2n) is 13.3. The third-order valence-corrected chi connectivity index (χ3v) is 9.17. The summed E-state index contributed by atoms with van der Waals surface area (Å²) in [4.78, 5) is 27.8. The van der Waals surface area contributed by atoms with Crippen LogP contribution in [0.15, 0.2) is 36.4 Å². The fraction of sp³-hybridized carbons (Fsp3) is 0.588. The van der Waals surface area contributed by atoms with Crippen molar-refractivity contribution in [3.63, 3.8) is 0 Å². The van der Waals surface area contributed by atoms with E-state index in [-0.39, 0.29) is 29.6 Å². The fourth-order valence-electron chi connectivity index (χ4n) is 6.06. The number of carbonyl (C=O) groups excluding carboxylic acids is 2. The van der Waals surface area contributed by atoms with Gasteiger partial charge in [0, 0.05) is 17.9 Å². The minimum absolute atomic E-state index is 0.156. The molecule has 240 valence electrons. The van der Waals surface area contributed by atoms with Crippen LogP contribution in [0.4, 0.5) is 0 Å². The number of fused-ring (bicyclic) bond motifs is 1. The van der Waals surface area contributed by atoms with E-state index in [1.165, 1.54) is 0 Å². The average molecular weight is 609 g/mol. The van der Waals surface area contributed by atoms with Crippen LogP contribution >= 0.6 is 0 Å². The predicted octanol–water partition coefficient (Wildman–Crippen LogP) is 4.71. The van der Waals surface area contributed by atoms with Crippen LogP contribution in [0.5, 0.6) is 17.2 Å². The first-order valence-electron chi connectivity index (χ1n) is 15.6. The number of methoxy groups -OCH3 is 3. The number of nitrogens with one attached hydrogen (secondary N) is 2. The van der Waals surface area contributed by atoms with Gasteiger partial charge in [0.1, 0.15) is 6.04 Å². The van der Waals surface area contributed by atoms with Crippen molar-refractivity contribution in [2.24, 2.45) is 11.8 Å². The van der Waals surface area contributed by atoms with Gasteiger partial charge in [-0.2, -0.15) is 0 Å². The van der Waals surface area contributed by atoms with Crippen molar-refractivity contribution in [3.05, 3.63) is 53.1 Å². The smallest absolute Gasteiger partial charge is 0.481 e. The number of carbonyl (C=O) groups is 2. The van der Waals surface area contributed by atoms with Crippen molar-refractivity contribution in [1.29, 1.82) is 0 Å². The van der Waals surface area contributed by atoms with Crippen LogP contribution in [-0.4, -0.2) is 63.4 Å². The highest BCUT2D eigenvalue weighted by Gasteiger charge is 2.54. The Balaban J connectivity index is 1.55. The first-order chi connectivity index (χ1) is 20.8. The molecule has 1 fully saturated rings. The van der Waals surface area contributed by atoms with Crippen molar-refractivity contribution >= 4 is 18.9 Å². The van der Waals surface area contributed by atoms with Gasteiger partial charge in [0.25, 0.3) is 0 Å². The third-order valence-electron chi connectivity index (χ3n) is 9.17. The van der Waals surface area contributed by atoms with Crippen LogP contribution in [0, 0.1) is 11.8 Å². The average Bonchev–Trinajstić information content (AvgIpc) is 3.21. The van der Waals surface area contributed by atoms with Gasteiger partial charge in [-0.25, -0.2) is 0 Å². The molecule has 0 spiro atoms. The molecule has 0 radical (unpaired) electrons. The Morgan fingerprint density at radius 3 is 2.16 bits per heavy atom. The Morgan fingerprint density at radius 1 is 0.955 bits per heavy atom. The second-order valence-corrected chi connectivity index (χ2v) is 13.3. The summed E-state index contributed by atoms with van der Waals surface area (Å²) in [6.07, 6.45) is 2.79. The molecule has 4 rings (SSSR count). The lowest BCUT2D eigenvalue weighted by Gasteiger charge is -2.32. The summed E-state index contributed by atoms with van der Waals surface area (Å²) in [5, 5.41) is 6.31. The van der Waals surface area contributed by atoms with E-state index in [0.717, 1.165) is 16.7 Å². The van der Waals surface area contributed by atoms with Crippen molar-refractivity contribution in [1.82, 2.24) is 10.6 Å². The summed E-state index contributed by atoms with van der Waals surface area (Å²) in [7, 11) is 4.18. The van der Waals surface area contributed by atoms with Gasteiger partial charge in [-0.05, 0) is 76.5 Å². The Labute approximate surface area is 262 Å². The lowest BCUT2D eigenvalue weighted by atomic mass is 9.73. The highest BCUT2D eigenvalue weighted by atomic mass is 16.7. The molecule has 2 aromatic carbocycles. The summed E-state index contributed by atoms with van der Waals surface area (Å²) in [5.41, 5.74) is 1.91. The van der Waals surface area contributed by atoms with Crippen molar-refractivity contribution in [3.8, 4) is 17.2 Å². The molecule has 1 aliphatic carbocycles. The predicted molar refractivity (Wildman–Crippen MR) is 171 cm³/mol. The monoisotopic (exact) mass is 608 g/mol. The van der Waals surface area contributed by atoms with E-state index in [4.69, 9.17) is 23.5 Å². The van der Waals surface area contributed by atoms with Crippen molar-refractivity contribution < 1.29 is 33.1 Å². The van der Waals surface area contributed by atoms with Gasteiger partial charge in [-0.3, -0.25) is 9.59 Å². The number of amides is 2. The van der Waals surface area contributed by atoms with Gasteiger partial charge in [-0.15, -0.1) is 0 Å². The SMILES string of the molecule is COc1cc2c(c(OC)c1OC)CCC(C(=O)NC(Cc1ccccc1)C(=O)NC(CC(C)C)B1OC(C)(C)C(C)(C)O1)C2. The van der Waals surface area contributed by atoms with E-state index in [1.807, 2.05) is 64.1 Å². The van der Waals surface area contributed by atoms with E-state index in [2.05, 4.69) is 24.5 Å². The molecule has 1 heterocycles. The van der Waals surface area contributed by atoms with Crippen LogP contribution in [-0.2, 0) is 38.2 Å². The number of benzene rings is 2. The van der Waals surface area contributed by atoms with Crippen LogP contribution in [0.2, 0.25) is 0 Å². The van der Waals surface area contributed by atoms with E-state index < -0.39 is 24.4 Å². The Hall–Kier alpha value is -3.24. The fourth-order valence-corrected chi connectivity index (χ4v) is 6.06. The van der Waals surface area contributed by atoms with Crippen LogP contribution < -0.4 is 24.8 Å². The van der Waals surface area contributed by atoms with E-state index in [0.29, 0.717) is 49.4 Å². The highest BCUT2D eigenvalue weighted by molar-refractivity contribution is 6.48. The van der Waals surface area contributed by atoms with Crippen LogP contribution in [0.3, 0.4) is 0 Å². The molecule has 1 aliphatic heterocycles. The summed E-state index contributed by atoms with van der Waals surface area (Å²) in [6.45, 7) is 12.2. The molecular formula is C34H49BN2O7.